The third-order valence-electron chi connectivity index (χ3n) is 2.70. The van der Waals surface area contributed by atoms with Crippen molar-refractivity contribution in [3.05, 3.63) is 24.3 Å². The number of amides is 1. The maximum absolute atomic E-state index is 10.4. The van der Waals surface area contributed by atoms with Crippen LogP contribution in [0.15, 0.2) is 29.2 Å². The number of hydrogen-bond acceptors (Lipinski definition) is 2. The summed E-state index contributed by atoms with van der Waals surface area (Å²) >= 11 is 1.90. The van der Waals surface area contributed by atoms with Crippen LogP contribution < -0.4 is 5.32 Å². The number of hydrogen-bond donors (Lipinski definition) is 1. The van der Waals surface area contributed by atoms with Crippen LogP contribution in [-0.2, 0) is 4.79 Å². The third kappa shape index (κ3) is 2.75. The van der Waals surface area contributed by atoms with Crippen LogP contribution in [-0.4, -0.2) is 11.7 Å². The second-order valence-electron chi connectivity index (χ2n) is 3.78. The highest BCUT2D eigenvalue weighted by molar-refractivity contribution is 8.00. The molecule has 0 bridgehead atoms. The first-order chi connectivity index (χ1) is 7.40. The molecule has 0 radical (unpaired) electrons. The standard InChI is InChI=1S/C12H15NOS/c14-9-13-11-7-3-4-8-12(11)15-10-5-1-2-6-10/h3-4,7-10H,1-2,5-6H2,(H,13,14). The molecule has 1 amide bonds. The van der Waals surface area contributed by atoms with Crippen LogP contribution in [0.3, 0.4) is 0 Å². The molecule has 2 rings (SSSR count). The predicted octanol–water partition coefficient (Wildman–Crippen LogP) is 3.29. The zero-order valence-electron chi connectivity index (χ0n) is 8.61. The summed E-state index contributed by atoms with van der Waals surface area (Å²) in [7, 11) is 0. The molecule has 0 saturated heterocycles. The van der Waals surface area contributed by atoms with Crippen molar-refractivity contribution in [1.29, 1.82) is 0 Å². The molecule has 3 heteroatoms. The number of benzene rings is 1. The van der Waals surface area contributed by atoms with Gasteiger partial charge >= 0.3 is 0 Å². The fraction of sp³-hybridized carbons (Fsp3) is 0.417. The maximum atomic E-state index is 10.4. The van der Waals surface area contributed by atoms with E-state index in [2.05, 4.69) is 11.4 Å². The Balaban J connectivity index is 2.08. The SMILES string of the molecule is O=CNc1ccccc1SC1CCCC1. The fourth-order valence-electron chi connectivity index (χ4n) is 1.94. The number of nitrogens with one attached hydrogen (secondary N) is 1. The van der Waals surface area contributed by atoms with Crippen LogP contribution in [0.5, 0.6) is 0 Å². The Morgan fingerprint density at radius 1 is 1.27 bits per heavy atom. The second kappa shape index (κ2) is 5.21. The Kier molecular flexibility index (Phi) is 3.67. The Labute approximate surface area is 94.4 Å². The Morgan fingerprint density at radius 2 is 2.00 bits per heavy atom. The molecule has 1 aromatic carbocycles. The van der Waals surface area contributed by atoms with E-state index in [1.807, 2.05) is 30.0 Å². The van der Waals surface area contributed by atoms with Gasteiger partial charge < -0.3 is 5.32 Å². The average molecular weight is 221 g/mol. The third-order valence-corrected chi connectivity index (χ3v) is 4.11. The molecular weight excluding hydrogens is 206 g/mol. The van der Waals surface area contributed by atoms with Gasteiger partial charge in [0.1, 0.15) is 0 Å². The highest BCUT2D eigenvalue weighted by atomic mass is 32.2. The van der Waals surface area contributed by atoms with E-state index < -0.39 is 0 Å². The lowest BCUT2D eigenvalue weighted by molar-refractivity contribution is -0.105. The molecular formula is C12H15NOS. The summed E-state index contributed by atoms with van der Waals surface area (Å²) in [5.74, 6) is 0. The number of rotatable bonds is 4. The number of carbonyl (C=O) groups is 1. The molecule has 0 atom stereocenters. The molecule has 0 aromatic heterocycles. The summed E-state index contributed by atoms with van der Waals surface area (Å²) in [6.45, 7) is 0. The van der Waals surface area contributed by atoms with E-state index in [-0.39, 0.29) is 0 Å². The average Bonchev–Trinajstić information content (AvgIpc) is 2.74. The molecule has 0 heterocycles. The van der Waals surface area contributed by atoms with Gasteiger partial charge in [-0.25, -0.2) is 0 Å². The molecule has 1 aliphatic rings. The molecule has 15 heavy (non-hydrogen) atoms. The molecule has 0 unspecified atom stereocenters. The normalized spacial score (nSPS) is 16.5. The first kappa shape index (κ1) is 10.6. The van der Waals surface area contributed by atoms with Crippen molar-refractivity contribution in [2.24, 2.45) is 0 Å². The van der Waals surface area contributed by atoms with Gasteiger partial charge in [-0.05, 0) is 25.0 Å². The highest BCUT2D eigenvalue weighted by Crippen LogP contribution is 2.37. The zero-order valence-corrected chi connectivity index (χ0v) is 9.43. The van der Waals surface area contributed by atoms with E-state index in [1.165, 1.54) is 30.6 Å². The molecule has 2 nitrogen and oxygen atoms in total. The summed E-state index contributed by atoms with van der Waals surface area (Å²) in [6, 6.07) is 8.00. The highest BCUT2D eigenvalue weighted by Gasteiger charge is 2.17. The summed E-state index contributed by atoms with van der Waals surface area (Å²) in [5, 5.41) is 3.48. The minimum Gasteiger partial charge on any atom is -0.328 e. The molecule has 1 fully saturated rings. The van der Waals surface area contributed by atoms with E-state index in [4.69, 9.17) is 0 Å². The molecule has 0 aliphatic heterocycles. The maximum Gasteiger partial charge on any atom is 0.211 e. The molecule has 1 N–H and O–H groups in total. The Hall–Kier alpha value is -0.960. The van der Waals surface area contributed by atoms with Gasteiger partial charge in [0, 0.05) is 10.1 Å². The molecule has 1 aromatic rings. The minimum absolute atomic E-state index is 0.736. The Morgan fingerprint density at radius 3 is 2.73 bits per heavy atom. The molecule has 0 spiro atoms. The smallest absolute Gasteiger partial charge is 0.211 e. The number of carbonyl (C=O) groups excluding carboxylic acids is 1. The van der Waals surface area contributed by atoms with Gasteiger partial charge in [0.15, 0.2) is 0 Å². The molecule has 80 valence electrons. The van der Waals surface area contributed by atoms with Gasteiger partial charge in [0.25, 0.3) is 0 Å². The van der Waals surface area contributed by atoms with Crippen molar-refractivity contribution in [1.82, 2.24) is 0 Å². The van der Waals surface area contributed by atoms with Gasteiger partial charge in [0.05, 0.1) is 5.69 Å². The van der Waals surface area contributed by atoms with Gasteiger partial charge in [-0.15, -0.1) is 11.8 Å². The van der Waals surface area contributed by atoms with Gasteiger partial charge in [-0.2, -0.15) is 0 Å². The summed E-state index contributed by atoms with van der Waals surface area (Å²) in [5.41, 5.74) is 0.935. The monoisotopic (exact) mass is 221 g/mol. The van der Waals surface area contributed by atoms with Gasteiger partial charge in [0.2, 0.25) is 6.41 Å². The summed E-state index contributed by atoms with van der Waals surface area (Å²) in [4.78, 5) is 11.6. The number of thioether (sulfide) groups is 1. The van der Waals surface area contributed by atoms with Crippen molar-refractivity contribution >= 4 is 23.9 Å². The molecule has 1 aliphatic carbocycles. The summed E-state index contributed by atoms with van der Waals surface area (Å²) < 4.78 is 0. The van der Waals surface area contributed by atoms with Crippen molar-refractivity contribution in [2.45, 2.75) is 35.8 Å². The first-order valence-electron chi connectivity index (χ1n) is 5.36. The van der Waals surface area contributed by atoms with Gasteiger partial charge in [-0.3, -0.25) is 4.79 Å². The Bertz CT molecular complexity index is 334. The topological polar surface area (TPSA) is 29.1 Å². The quantitative estimate of drug-likeness (QED) is 0.790. The van der Waals surface area contributed by atoms with E-state index in [0.717, 1.165) is 17.3 Å². The van der Waals surface area contributed by atoms with Crippen LogP contribution in [0, 0.1) is 0 Å². The largest absolute Gasteiger partial charge is 0.328 e. The first-order valence-corrected chi connectivity index (χ1v) is 6.24. The van der Waals surface area contributed by atoms with Crippen molar-refractivity contribution < 1.29 is 4.79 Å². The van der Waals surface area contributed by atoms with Crippen LogP contribution in [0.4, 0.5) is 5.69 Å². The van der Waals surface area contributed by atoms with E-state index in [1.54, 1.807) is 0 Å². The lowest BCUT2D eigenvalue weighted by Gasteiger charge is -2.11. The van der Waals surface area contributed by atoms with E-state index in [0.29, 0.717) is 0 Å². The van der Waals surface area contributed by atoms with Crippen molar-refractivity contribution in [3.8, 4) is 0 Å². The van der Waals surface area contributed by atoms with Crippen LogP contribution in [0.2, 0.25) is 0 Å². The van der Waals surface area contributed by atoms with Crippen LogP contribution in [0.25, 0.3) is 0 Å². The van der Waals surface area contributed by atoms with Crippen molar-refractivity contribution in [2.75, 3.05) is 5.32 Å². The lowest BCUT2D eigenvalue weighted by Crippen LogP contribution is -1.98. The lowest BCUT2D eigenvalue weighted by atomic mass is 10.3. The zero-order chi connectivity index (χ0) is 10.5. The fourth-order valence-corrected chi connectivity index (χ4v) is 3.28. The number of anilines is 1. The molecule has 1 saturated carbocycles. The van der Waals surface area contributed by atoms with E-state index >= 15 is 0 Å². The van der Waals surface area contributed by atoms with Crippen LogP contribution in [0.1, 0.15) is 25.7 Å². The van der Waals surface area contributed by atoms with Crippen molar-refractivity contribution in [3.63, 3.8) is 0 Å². The number of para-hydroxylation sites is 1. The minimum atomic E-state index is 0.736. The second-order valence-corrected chi connectivity index (χ2v) is 5.12. The van der Waals surface area contributed by atoms with Crippen LogP contribution >= 0.6 is 11.8 Å². The van der Waals surface area contributed by atoms with E-state index in [9.17, 15) is 4.79 Å². The predicted molar refractivity (Wildman–Crippen MR) is 64.2 cm³/mol. The summed E-state index contributed by atoms with van der Waals surface area (Å²) in [6.07, 6.45) is 6.05. The van der Waals surface area contributed by atoms with Gasteiger partial charge in [-0.1, -0.05) is 25.0 Å².